The second kappa shape index (κ2) is 5.79. The van der Waals surface area contributed by atoms with E-state index < -0.39 is 0 Å². The maximum absolute atomic E-state index is 11.0. The molecule has 1 unspecified atom stereocenters. The van der Waals surface area contributed by atoms with Gasteiger partial charge in [0.25, 0.3) is 0 Å². The van der Waals surface area contributed by atoms with E-state index in [0.717, 1.165) is 5.69 Å². The van der Waals surface area contributed by atoms with Crippen molar-refractivity contribution in [2.24, 2.45) is 0 Å². The number of nitrogens with one attached hydrogen (secondary N) is 2. The average molecular weight is 360 g/mol. The van der Waals surface area contributed by atoms with Crippen molar-refractivity contribution in [1.29, 1.82) is 0 Å². The molecule has 1 heterocycles. The minimum Gasteiger partial charge on any atom is -0.315 e. The van der Waals surface area contributed by atoms with Crippen LogP contribution in [0.5, 0.6) is 0 Å². The van der Waals surface area contributed by atoms with Gasteiger partial charge in [-0.2, -0.15) is 0 Å². The Morgan fingerprint density at radius 1 is 1.41 bits per heavy atom. The summed E-state index contributed by atoms with van der Waals surface area (Å²) < 4.78 is 1.24. The minimum atomic E-state index is 0.00344. The van der Waals surface area contributed by atoms with Gasteiger partial charge in [-0.05, 0) is 47.2 Å². The molecule has 2 rings (SSSR count). The van der Waals surface area contributed by atoms with Crippen molar-refractivity contribution >= 4 is 33.9 Å². The fourth-order valence-corrected chi connectivity index (χ4v) is 2.47. The van der Waals surface area contributed by atoms with Crippen molar-refractivity contribution in [2.45, 2.75) is 19.5 Å². The van der Waals surface area contributed by atoms with Gasteiger partial charge in [0, 0.05) is 27.2 Å². The van der Waals surface area contributed by atoms with Gasteiger partial charge in [-0.1, -0.05) is 23.5 Å². The molecule has 0 aliphatic rings. The van der Waals surface area contributed by atoms with Gasteiger partial charge in [-0.25, -0.2) is 0 Å². The van der Waals surface area contributed by atoms with Crippen LogP contribution in [-0.4, -0.2) is 4.98 Å². The summed E-state index contributed by atoms with van der Waals surface area (Å²) in [6, 6.07) is 8.71. The Kier molecular flexibility index (Phi) is 4.36. The molecule has 2 aromatic rings. The number of thiazole rings is 1. The van der Waals surface area contributed by atoms with Gasteiger partial charge in [0.05, 0.1) is 0 Å². The van der Waals surface area contributed by atoms with E-state index in [-0.39, 0.29) is 10.9 Å². The van der Waals surface area contributed by atoms with Crippen LogP contribution in [0.3, 0.4) is 0 Å². The van der Waals surface area contributed by atoms with Crippen LogP contribution in [0, 0.1) is 3.57 Å². The number of benzene rings is 1. The third kappa shape index (κ3) is 3.65. The van der Waals surface area contributed by atoms with Crippen LogP contribution < -0.4 is 10.2 Å². The third-order valence-corrected chi connectivity index (χ3v) is 3.98. The van der Waals surface area contributed by atoms with Crippen LogP contribution in [0.4, 0.5) is 0 Å². The number of aromatic amines is 1. The van der Waals surface area contributed by atoms with Gasteiger partial charge in [0.15, 0.2) is 0 Å². The molecule has 0 aliphatic heterocycles. The SMILES string of the molecule is CC(NCc1csc(=O)[nH]1)c1ccc(I)cc1. The van der Waals surface area contributed by atoms with E-state index in [1.54, 1.807) is 0 Å². The van der Waals surface area contributed by atoms with Gasteiger partial charge in [0.1, 0.15) is 0 Å². The minimum absolute atomic E-state index is 0.00344. The van der Waals surface area contributed by atoms with E-state index in [9.17, 15) is 4.79 Å². The molecule has 2 N–H and O–H groups in total. The van der Waals surface area contributed by atoms with Crippen LogP contribution >= 0.6 is 33.9 Å². The van der Waals surface area contributed by atoms with E-state index in [4.69, 9.17) is 0 Å². The fraction of sp³-hybridized carbons (Fsp3) is 0.250. The van der Waals surface area contributed by atoms with E-state index in [1.807, 2.05) is 5.38 Å². The summed E-state index contributed by atoms with van der Waals surface area (Å²) >= 11 is 3.50. The first-order valence-corrected chi connectivity index (χ1v) is 7.26. The Bertz CT molecular complexity index is 532. The molecular formula is C12H13IN2OS. The second-order valence-electron chi connectivity index (χ2n) is 3.83. The van der Waals surface area contributed by atoms with Crippen molar-refractivity contribution in [3.8, 4) is 0 Å². The predicted molar refractivity (Wildman–Crippen MR) is 79.4 cm³/mol. The number of rotatable bonds is 4. The number of hydrogen-bond donors (Lipinski definition) is 2. The molecule has 1 aromatic heterocycles. The van der Waals surface area contributed by atoms with Crippen molar-refractivity contribution in [3.05, 3.63) is 54.1 Å². The standard InChI is InChI=1S/C12H13IN2OS/c1-8(9-2-4-10(13)5-3-9)14-6-11-7-17-12(16)15-11/h2-5,7-8,14H,6H2,1H3,(H,15,16). The molecule has 0 amide bonds. The number of H-pyrrole nitrogens is 1. The Balaban J connectivity index is 1.95. The quantitative estimate of drug-likeness (QED) is 0.824. The largest absolute Gasteiger partial charge is 0.315 e. The lowest BCUT2D eigenvalue weighted by Gasteiger charge is -2.13. The highest BCUT2D eigenvalue weighted by atomic mass is 127. The zero-order valence-corrected chi connectivity index (χ0v) is 12.3. The first-order chi connectivity index (χ1) is 8.15. The molecule has 17 heavy (non-hydrogen) atoms. The van der Waals surface area contributed by atoms with E-state index in [2.05, 4.69) is 64.1 Å². The highest BCUT2D eigenvalue weighted by Crippen LogP contribution is 2.14. The second-order valence-corrected chi connectivity index (χ2v) is 5.92. The molecule has 1 aromatic carbocycles. The summed E-state index contributed by atoms with van der Waals surface area (Å²) in [5, 5.41) is 5.24. The summed E-state index contributed by atoms with van der Waals surface area (Å²) in [4.78, 5) is 13.8. The molecule has 0 spiro atoms. The predicted octanol–water partition coefficient (Wildman–Crippen LogP) is 2.89. The fourth-order valence-electron chi connectivity index (χ4n) is 1.53. The number of halogens is 1. The summed E-state index contributed by atoms with van der Waals surface area (Å²) in [5.74, 6) is 0. The molecule has 3 nitrogen and oxygen atoms in total. The van der Waals surface area contributed by atoms with Crippen LogP contribution in [0.2, 0.25) is 0 Å². The Morgan fingerprint density at radius 3 is 2.71 bits per heavy atom. The lowest BCUT2D eigenvalue weighted by atomic mass is 10.1. The summed E-state index contributed by atoms with van der Waals surface area (Å²) in [5.41, 5.74) is 2.19. The topological polar surface area (TPSA) is 44.9 Å². The van der Waals surface area contributed by atoms with Gasteiger partial charge >= 0.3 is 4.87 Å². The van der Waals surface area contributed by atoms with Gasteiger partial charge in [0.2, 0.25) is 0 Å². The molecule has 0 fully saturated rings. The van der Waals surface area contributed by atoms with E-state index in [1.165, 1.54) is 20.5 Å². The highest BCUT2D eigenvalue weighted by Gasteiger charge is 2.05. The third-order valence-electron chi connectivity index (χ3n) is 2.54. The molecule has 1 atom stereocenters. The van der Waals surface area contributed by atoms with E-state index in [0.29, 0.717) is 6.54 Å². The molecular weight excluding hydrogens is 347 g/mol. The molecule has 0 aliphatic carbocycles. The summed E-state index contributed by atoms with van der Waals surface area (Å²) in [6.07, 6.45) is 0. The summed E-state index contributed by atoms with van der Waals surface area (Å²) in [7, 11) is 0. The van der Waals surface area contributed by atoms with E-state index >= 15 is 0 Å². The lowest BCUT2D eigenvalue weighted by Crippen LogP contribution is -2.18. The van der Waals surface area contributed by atoms with Crippen LogP contribution in [-0.2, 0) is 6.54 Å². The first-order valence-electron chi connectivity index (χ1n) is 5.30. The zero-order valence-electron chi connectivity index (χ0n) is 9.37. The molecule has 90 valence electrons. The Labute approximate surface area is 117 Å². The van der Waals surface area contributed by atoms with Crippen LogP contribution in [0.15, 0.2) is 34.4 Å². The zero-order chi connectivity index (χ0) is 12.3. The molecule has 0 radical (unpaired) electrons. The molecule has 0 bridgehead atoms. The molecule has 5 heteroatoms. The average Bonchev–Trinajstić information content (AvgIpc) is 2.73. The normalized spacial score (nSPS) is 12.6. The monoisotopic (exact) mass is 360 g/mol. The Hall–Kier alpha value is -0.660. The number of hydrogen-bond acceptors (Lipinski definition) is 3. The van der Waals surface area contributed by atoms with Crippen LogP contribution in [0.25, 0.3) is 0 Å². The van der Waals surface area contributed by atoms with Crippen molar-refractivity contribution in [1.82, 2.24) is 10.3 Å². The summed E-state index contributed by atoms with van der Waals surface area (Å²) in [6.45, 7) is 2.80. The van der Waals surface area contributed by atoms with Crippen molar-refractivity contribution in [3.63, 3.8) is 0 Å². The van der Waals surface area contributed by atoms with Crippen LogP contribution in [0.1, 0.15) is 24.2 Å². The first kappa shape index (κ1) is 12.8. The van der Waals surface area contributed by atoms with Crippen molar-refractivity contribution in [2.75, 3.05) is 0 Å². The van der Waals surface area contributed by atoms with Gasteiger partial charge in [-0.3, -0.25) is 4.79 Å². The van der Waals surface area contributed by atoms with Crippen molar-refractivity contribution < 1.29 is 0 Å². The maximum atomic E-state index is 11.0. The lowest BCUT2D eigenvalue weighted by molar-refractivity contribution is 0.568. The smallest absolute Gasteiger partial charge is 0.304 e. The highest BCUT2D eigenvalue weighted by molar-refractivity contribution is 14.1. The molecule has 0 saturated carbocycles. The molecule has 0 saturated heterocycles. The Morgan fingerprint density at radius 2 is 2.12 bits per heavy atom. The van der Waals surface area contributed by atoms with Gasteiger partial charge < -0.3 is 10.3 Å². The number of aromatic nitrogens is 1. The van der Waals surface area contributed by atoms with Gasteiger partial charge in [-0.15, -0.1) is 0 Å². The maximum Gasteiger partial charge on any atom is 0.304 e.